The summed E-state index contributed by atoms with van der Waals surface area (Å²) in [7, 11) is 0. The Morgan fingerprint density at radius 3 is 1.48 bits per heavy atom. The Balaban J connectivity index is 5.67. The fourth-order valence-corrected chi connectivity index (χ4v) is 1.45. The predicted molar refractivity (Wildman–Crippen MR) is 51.1 cm³/mol. The Bertz CT molecular complexity index is 317. The van der Waals surface area contributed by atoms with Gasteiger partial charge in [0.1, 0.15) is 0 Å². The standard InChI is InChI=1S/C10H11F9O2/c1-2-3-4-5-21-6(20)7(8(11,12)13,9(14,15)16)10(17,18)19/h2-5H2,1H3. The van der Waals surface area contributed by atoms with Gasteiger partial charge >= 0.3 is 29.9 Å². The second-order valence-electron chi connectivity index (χ2n) is 4.09. The van der Waals surface area contributed by atoms with Crippen LogP contribution >= 0.6 is 0 Å². The van der Waals surface area contributed by atoms with Gasteiger partial charge in [0, 0.05) is 0 Å². The smallest absolute Gasteiger partial charge is 0.422 e. The van der Waals surface area contributed by atoms with Crippen LogP contribution < -0.4 is 0 Å². The Morgan fingerprint density at radius 1 is 0.810 bits per heavy atom. The second kappa shape index (κ2) is 6.30. The fourth-order valence-electron chi connectivity index (χ4n) is 1.45. The van der Waals surface area contributed by atoms with E-state index in [1.807, 2.05) is 0 Å². The van der Waals surface area contributed by atoms with E-state index in [1.165, 1.54) is 0 Å². The fraction of sp³-hybridized carbons (Fsp3) is 0.900. The molecule has 0 fully saturated rings. The molecular weight excluding hydrogens is 323 g/mol. The highest BCUT2D eigenvalue weighted by Crippen LogP contribution is 2.59. The van der Waals surface area contributed by atoms with Crippen LogP contribution in [-0.4, -0.2) is 31.1 Å². The van der Waals surface area contributed by atoms with Crippen LogP contribution in [-0.2, 0) is 9.53 Å². The highest BCUT2D eigenvalue weighted by atomic mass is 19.4. The molecule has 0 atom stereocenters. The number of alkyl halides is 9. The Hall–Kier alpha value is -1.16. The van der Waals surface area contributed by atoms with E-state index in [1.54, 1.807) is 6.92 Å². The van der Waals surface area contributed by atoms with E-state index >= 15 is 0 Å². The summed E-state index contributed by atoms with van der Waals surface area (Å²) in [4.78, 5) is 11.0. The molecule has 0 bridgehead atoms. The van der Waals surface area contributed by atoms with Crippen molar-refractivity contribution in [1.29, 1.82) is 0 Å². The first kappa shape index (κ1) is 19.8. The normalized spacial score (nSPS) is 14.2. The molecule has 11 heteroatoms. The Kier molecular flexibility index (Phi) is 5.96. The maximum absolute atomic E-state index is 12.5. The minimum absolute atomic E-state index is 0.147. The first-order valence-electron chi connectivity index (χ1n) is 5.60. The number of unbranched alkanes of at least 4 members (excludes halogenated alkanes) is 2. The maximum Gasteiger partial charge on any atom is 0.422 e. The van der Waals surface area contributed by atoms with Crippen molar-refractivity contribution in [3.63, 3.8) is 0 Å². The molecule has 0 radical (unpaired) electrons. The van der Waals surface area contributed by atoms with E-state index in [4.69, 9.17) is 0 Å². The van der Waals surface area contributed by atoms with Crippen LogP contribution in [0.25, 0.3) is 0 Å². The summed E-state index contributed by atoms with van der Waals surface area (Å²) >= 11 is 0. The van der Waals surface area contributed by atoms with Gasteiger partial charge in [0.25, 0.3) is 0 Å². The highest BCUT2D eigenvalue weighted by molar-refractivity contribution is 5.80. The summed E-state index contributed by atoms with van der Waals surface area (Å²) in [5, 5.41) is 0. The summed E-state index contributed by atoms with van der Waals surface area (Å²) in [5.74, 6) is -3.41. The molecule has 0 aromatic rings. The van der Waals surface area contributed by atoms with Crippen molar-refractivity contribution in [1.82, 2.24) is 0 Å². The SMILES string of the molecule is CCCCCOC(=O)C(C(F)(F)F)(C(F)(F)F)C(F)(F)F. The number of esters is 1. The van der Waals surface area contributed by atoms with Crippen LogP contribution in [0.5, 0.6) is 0 Å². The molecule has 0 rings (SSSR count). The van der Waals surface area contributed by atoms with Crippen molar-refractivity contribution in [3.8, 4) is 0 Å². The van der Waals surface area contributed by atoms with Gasteiger partial charge in [-0.1, -0.05) is 19.8 Å². The van der Waals surface area contributed by atoms with Gasteiger partial charge in [0.2, 0.25) is 0 Å². The summed E-state index contributed by atoms with van der Waals surface area (Å²) in [6.07, 6.45) is -20.2. The zero-order valence-electron chi connectivity index (χ0n) is 10.5. The molecule has 0 spiro atoms. The van der Waals surface area contributed by atoms with Crippen LogP contribution in [0.15, 0.2) is 0 Å². The van der Waals surface area contributed by atoms with Crippen molar-refractivity contribution in [2.45, 2.75) is 44.7 Å². The predicted octanol–water partition coefficient (Wildman–Crippen LogP) is 4.39. The average Bonchev–Trinajstić information content (AvgIpc) is 2.18. The first-order chi connectivity index (χ1) is 9.23. The number of carbonyl (C=O) groups is 1. The molecular formula is C10H11F9O2. The molecule has 21 heavy (non-hydrogen) atoms. The number of halogens is 9. The molecule has 0 N–H and O–H groups in total. The lowest BCUT2D eigenvalue weighted by molar-refractivity contribution is -0.412. The van der Waals surface area contributed by atoms with Crippen molar-refractivity contribution >= 4 is 5.97 Å². The lowest BCUT2D eigenvalue weighted by Gasteiger charge is -2.36. The Morgan fingerprint density at radius 2 is 1.19 bits per heavy atom. The molecule has 126 valence electrons. The summed E-state index contributed by atoms with van der Waals surface area (Å²) in [6, 6.07) is 0. The van der Waals surface area contributed by atoms with Crippen LogP contribution in [0.1, 0.15) is 26.2 Å². The number of carbonyl (C=O) groups excluding carboxylic acids is 1. The molecule has 0 aromatic carbocycles. The zero-order chi connectivity index (χ0) is 17.1. The minimum atomic E-state index is -6.93. The van der Waals surface area contributed by atoms with E-state index in [2.05, 4.69) is 4.74 Å². The van der Waals surface area contributed by atoms with E-state index in [9.17, 15) is 44.3 Å². The first-order valence-corrected chi connectivity index (χ1v) is 5.60. The summed E-state index contributed by atoms with van der Waals surface area (Å²) in [6.45, 7) is 0.657. The molecule has 0 saturated carbocycles. The molecule has 0 aliphatic carbocycles. The minimum Gasteiger partial charge on any atom is -0.465 e. The van der Waals surface area contributed by atoms with Gasteiger partial charge in [-0.2, -0.15) is 39.5 Å². The third kappa shape index (κ3) is 3.73. The summed E-state index contributed by atoms with van der Waals surface area (Å²) < 4.78 is 116. The van der Waals surface area contributed by atoms with Crippen molar-refractivity contribution in [2.24, 2.45) is 5.41 Å². The zero-order valence-corrected chi connectivity index (χ0v) is 10.5. The largest absolute Gasteiger partial charge is 0.465 e. The van der Waals surface area contributed by atoms with E-state index in [-0.39, 0.29) is 12.8 Å². The molecule has 0 unspecified atom stereocenters. The van der Waals surface area contributed by atoms with E-state index < -0.39 is 36.5 Å². The lowest BCUT2D eigenvalue weighted by Crippen LogP contribution is -2.64. The van der Waals surface area contributed by atoms with Crippen molar-refractivity contribution in [3.05, 3.63) is 0 Å². The number of rotatable bonds is 5. The van der Waals surface area contributed by atoms with Gasteiger partial charge in [-0.3, -0.25) is 4.79 Å². The maximum atomic E-state index is 12.5. The van der Waals surface area contributed by atoms with Gasteiger partial charge in [-0.05, 0) is 6.42 Å². The topological polar surface area (TPSA) is 26.3 Å². The quantitative estimate of drug-likeness (QED) is 0.423. The van der Waals surface area contributed by atoms with Gasteiger partial charge < -0.3 is 4.74 Å². The molecule has 0 aromatic heterocycles. The lowest BCUT2D eigenvalue weighted by atomic mass is 9.85. The van der Waals surface area contributed by atoms with Gasteiger partial charge in [-0.15, -0.1) is 0 Å². The third-order valence-electron chi connectivity index (χ3n) is 2.56. The molecule has 0 saturated heterocycles. The van der Waals surface area contributed by atoms with E-state index in [0.717, 1.165) is 0 Å². The van der Waals surface area contributed by atoms with Crippen LogP contribution in [0, 0.1) is 5.41 Å². The summed E-state index contributed by atoms with van der Waals surface area (Å²) in [5.41, 5.74) is -6.54. The Labute approximate surface area is 113 Å². The molecule has 0 aliphatic rings. The number of hydrogen-bond acceptors (Lipinski definition) is 2. The number of ether oxygens (including phenoxy) is 1. The van der Waals surface area contributed by atoms with Crippen LogP contribution in [0.2, 0.25) is 0 Å². The van der Waals surface area contributed by atoms with Gasteiger partial charge in [-0.25, -0.2) is 0 Å². The second-order valence-corrected chi connectivity index (χ2v) is 4.09. The molecule has 2 nitrogen and oxygen atoms in total. The van der Waals surface area contributed by atoms with Gasteiger partial charge in [0.15, 0.2) is 0 Å². The van der Waals surface area contributed by atoms with Crippen molar-refractivity contribution in [2.75, 3.05) is 6.61 Å². The van der Waals surface area contributed by atoms with E-state index in [0.29, 0.717) is 6.42 Å². The highest BCUT2D eigenvalue weighted by Gasteiger charge is 2.89. The third-order valence-corrected chi connectivity index (χ3v) is 2.56. The monoisotopic (exact) mass is 334 g/mol. The average molecular weight is 334 g/mol. The van der Waals surface area contributed by atoms with Crippen LogP contribution in [0.3, 0.4) is 0 Å². The van der Waals surface area contributed by atoms with Crippen molar-refractivity contribution < 1.29 is 49.0 Å². The van der Waals surface area contributed by atoms with Gasteiger partial charge in [0.05, 0.1) is 6.61 Å². The molecule has 0 heterocycles. The molecule has 0 amide bonds. The van der Waals surface area contributed by atoms with Crippen LogP contribution in [0.4, 0.5) is 39.5 Å². The number of hydrogen-bond donors (Lipinski definition) is 0. The molecule has 0 aliphatic heterocycles.